The Balaban J connectivity index is 2.81. The van der Waals surface area contributed by atoms with Gasteiger partial charge in [0.05, 0.1) is 5.69 Å². The van der Waals surface area contributed by atoms with E-state index in [1.165, 1.54) is 11.3 Å². The van der Waals surface area contributed by atoms with Crippen molar-refractivity contribution in [2.24, 2.45) is 4.99 Å². The van der Waals surface area contributed by atoms with Gasteiger partial charge in [0.25, 0.3) is 0 Å². The number of hydrogen-bond donors (Lipinski definition) is 1. The fraction of sp³-hybridized carbons (Fsp3) is 0.250. The molecule has 1 rings (SSSR count). The second-order valence-corrected chi connectivity index (χ2v) is 3.49. The quantitative estimate of drug-likeness (QED) is 0.707. The van der Waals surface area contributed by atoms with Gasteiger partial charge >= 0.3 is 0 Å². The lowest BCUT2D eigenvalue weighted by atomic mass is 10.3. The number of anilines is 1. The fourth-order valence-corrected chi connectivity index (χ4v) is 1.48. The lowest BCUT2D eigenvalue weighted by molar-refractivity contribution is 1.35. The Morgan fingerprint density at radius 2 is 2.33 bits per heavy atom. The number of nitrogen functional groups attached to an aromatic ring is 1. The van der Waals surface area contributed by atoms with Crippen LogP contribution >= 0.6 is 11.3 Å². The van der Waals surface area contributed by atoms with Crippen molar-refractivity contribution in [1.82, 2.24) is 4.98 Å². The number of aromatic nitrogens is 1. The molecule has 1 heterocycles. The molecule has 0 aliphatic rings. The van der Waals surface area contributed by atoms with Crippen molar-refractivity contribution in [2.75, 3.05) is 12.8 Å². The number of hydrogen-bond acceptors (Lipinski definition) is 4. The molecule has 0 radical (unpaired) electrons. The predicted molar refractivity (Wildman–Crippen MR) is 54.7 cm³/mol. The standard InChI is InChI=1S/C8H11N3S/c1-6-7(4-3-5-10-2)11-8(9)12-6/h3-5H,1-2H3,(H2,9,11)/b4-3-,10-5-. The predicted octanol–water partition coefficient (Wildman–Crippen LogP) is 1.75. The number of aryl methyl sites for hydroxylation is 1. The summed E-state index contributed by atoms with van der Waals surface area (Å²) in [5.74, 6) is 0. The van der Waals surface area contributed by atoms with Crippen LogP contribution in [0.25, 0.3) is 6.08 Å². The SMILES string of the molecule is C/N=C\C=C/c1nc(N)sc1C. The molecule has 0 unspecified atom stereocenters. The average molecular weight is 181 g/mol. The third kappa shape index (κ3) is 2.17. The third-order valence-corrected chi connectivity index (χ3v) is 2.15. The van der Waals surface area contributed by atoms with Crippen LogP contribution in [0.2, 0.25) is 0 Å². The molecular formula is C8H11N3S. The molecule has 0 saturated carbocycles. The molecule has 0 aromatic carbocycles. The molecule has 0 aliphatic heterocycles. The molecule has 0 aliphatic carbocycles. The summed E-state index contributed by atoms with van der Waals surface area (Å²) in [5.41, 5.74) is 6.45. The average Bonchev–Trinajstić information content (AvgIpc) is 2.31. The van der Waals surface area contributed by atoms with Gasteiger partial charge in [0.2, 0.25) is 0 Å². The highest BCUT2D eigenvalue weighted by molar-refractivity contribution is 7.15. The molecule has 0 atom stereocenters. The Kier molecular flexibility index (Phi) is 2.99. The third-order valence-electron chi connectivity index (χ3n) is 1.34. The number of nitrogens with two attached hydrogens (primary N) is 1. The van der Waals surface area contributed by atoms with E-state index in [4.69, 9.17) is 5.73 Å². The summed E-state index contributed by atoms with van der Waals surface area (Å²) >= 11 is 1.50. The monoisotopic (exact) mass is 181 g/mol. The van der Waals surface area contributed by atoms with Gasteiger partial charge in [0, 0.05) is 18.1 Å². The van der Waals surface area contributed by atoms with E-state index in [1.54, 1.807) is 13.3 Å². The van der Waals surface area contributed by atoms with Gasteiger partial charge in [-0.3, -0.25) is 4.99 Å². The number of thiazole rings is 1. The Bertz CT molecular complexity index is 312. The normalized spacial score (nSPS) is 11.8. The molecule has 1 aromatic heterocycles. The van der Waals surface area contributed by atoms with Crippen molar-refractivity contribution in [1.29, 1.82) is 0 Å². The van der Waals surface area contributed by atoms with Gasteiger partial charge < -0.3 is 5.73 Å². The summed E-state index contributed by atoms with van der Waals surface area (Å²) in [6, 6.07) is 0. The first-order valence-corrected chi connectivity index (χ1v) is 4.37. The lowest BCUT2D eigenvalue weighted by Crippen LogP contribution is -1.81. The van der Waals surface area contributed by atoms with E-state index in [0.717, 1.165) is 10.6 Å². The van der Waals surface area contributed by atoms with Crippen molar-refractivity contribution in [3.05, 3.63) is 16.6 Å². The minimum atomic E-state index is 0.612. The number of rotatable bonds is 2. The van der Waals surface area contributed by atoms with Gasteiger partial charge in [-0.05, 0) is 19.1 Å². The van der Waals surface area contributed by atoms with Gasteiger partial charge in [-0.2, -0.15) is 0 Å². The van der Waals surface area contributed by atoms with Crippen LogP contribution in [-0.4, -0.2) is 18.2 Å². The molecule has 0 spiro atoms. The molecule has 0 amide bonds. The van der Waals surface area contributed by atoms with Crippen molar-refractivity contribution in [2.45, 2.75) is 6.92 Å². The van der Waals surface area contributed by atoms with E-state index >= 15 is 0 Å². The molecular weight excluding hydrogens is 170 g/mol. The smallest absolute Gasteiger partial charge is 0.180 e. The molecule has 3 nitrogen and oxygen atoms in total. The van der Waals surface area contributed by atoms with Crippen LogP contribution < -0.4 is 5.73 Å². The molecule has 1 aromatic rings. The number of aliphatic imine (C=N–C) groups is 1. The van der Waals surface area contributed by atoms with Crippen LogP contribution in [0.3, 0.4) is 0 Å². The van der Waals surface area contributed by atoms with Gasteiger partial charge in [0.1, 0.15) is 0 Å². The molecule has 0 bridgehead atoms. The van der Waals surface area contributed by atoms with Crippen LogP contribution in [-0.2, 0) is 0 Å². The zero-order valence-corrected chi connectivity index (χ0v) is 7.93. The summed E-state index contributed by atoms with van der Waals surface area (Å²) < 4.78 is 0. The van der Waals surface area contributed by atoms with Crippen LogP contribution in [0.1, 0.15) is 10.6 Å². The first kappa shape index (κ1) is 8.93. The van der Waals surface area contributed by atoms with Crippen molar-refractivity contribution in [3.8, 4) is 0 Å². The minimum absolute atomic E-state index is 0.612. The second-order valence-electron chi connectivity index (χ2n) is 2.26. The van der Waals surface area contributed by atoms with E-state index in [1.807, 2.05) is 19.1 Å². The van der Waals surface area contributed by atoms with Gasteiger partial charge in [-0.15, -0.1) is 11.3 Å². The highest BCUT2D eigenvalue weighted by Crippen LogP contribution is 2.19. The number of allylic oxidation sites excluding steroid dienone is 1. The summed E-state index contributed by atoms with van der Waals surface area (Å²) in [6.45, 7) is 2.00. The minimum Gasteiger partial charge on any atom is -0.375 e. The molecule has 0 saturated heterocycles. The van der Waals surface area contributed by atoms with Crippen LogP contribution in [0.15, 0.2) is 11.1 Å². The van der Waals surface area contributed by atoms with E-state index < -0.39 is 0 Å². The van der Waals surface area contributed by atoms with Crippen molar-refractivity contribution < 1.29 is 0 Å². The van der Waals surface area contributed by atoms with Gasteiger partial charge in [0.15, 0.2) is 5.13 Å². The second kappa shape index (κ2) is 4.01. The summed E-state index contributed by atoms with van der Waals surface area (Å²) in [6.07, 6.45) is 5.46. The highest BCUT2D eigenvalue weighted by Gasteiger charge is 1.99. The van der Waals surface area contributed by atoms with E-state index in [0.29, 0.717) is 5.13 Å². The van der Waals surface area contributed by atoms with Crippen molar-refractivity contribution in [3.63, 3.8) is 0 Å². The largest absolute Gasteiger partial charge is 0.375 e. The Labute approximate surface area is 75.7 Å². The molecule has 64 valence electrons. The Morgan fingerprint density at radius 3 is 2.83 bits per heavy atom. The lowest BCUT2D eigenvalue weighted by Gasteiger charge is -1.83. The maximum absolute atomic E-state index is 5.52. The Hall–Kier alpha value is -1.16. The topological polar surface area (TPSA) is 51.3 Å². The zero-order chi connectivity index (χ0) is 8.97. The molecule has 4 heteroatoms. The highest BCUT2D eigenvalue weighted by atomic mass is 32.1. The van der Waals surface area contributed by atoms with E-state index in [2.05, 4.69) is 9.98 Å². The van der Waals surface area contributed by atoms with Crippen LogP contribution in [0, 0.1) is 6.92 Å². The van der Waals surface area contributed by atoms with Gasteiger partial charge in [-0.25, -0.2) is 4.98 Å². The van der Waals surface area contributed by atoms with Crippen LogP contribution in [0.5, 0.6) is 0 Å². The maximum atomic E-state index is 5.52. The summed E-state index contributed by atoms with van der Waals surface area (Å²) in [5, 5.41) is 0.612. The summed E-state index contributed by atoms with van der Waals surface area (Å²) in [7, 11) is 1.73. The zero-order valence-electron chi connectivity index (χ0n) is 7.11. The first-order valence-electron chi connectivity index (χ1n) is 3.55. The molecule has 2 N–H and O–H groups in total. The van der Waals surface area contributed by atoms with E-state index in [9.17, 15) is 0 Å². The van der Waals surface area contributed by atoms with E-state index in [-0.39, 0.29) is 0 Å². The van der Waals surface area contributed by atoms with Crippen molar-refractivity contribution >= 4 is 28.8 Å². The van der Waals surface area contributed by atoms with Gasteiger partial charge in [-0.1, -0.05) is 0 Å². The fourth-order valence-electron chi connectivity index (χ4n) is 0.804. The first-order chi connectivity index (χ1) is 5.74. The maximum Gasteiger partial charge on any atom is 0.180 e. The molecule has 0 fully saturated rings. The Morgan fingerprint density at radius 1 is 1.58 bits per heavy atom. The number of nitrogens with zero attached hydrogens (tertiary/aromatic N) is 2. The summed E-state index contributed by atoms with van der Waals surface area (Å²) in [4.78, 5) is 9.08. The van der Waals surface area contributed by atoms with Crippen LogP contribution in [0.4, 0.5) is 5.13 Å². The molecule has 12 heavy (non-hydrogen) atoms.